The highest BCUT2D eigenvalue weighted by Crippen LogP contribution is 2.27. The standard InChI is InChI=1S/C23H29Cl2N3O4S/c1-5-16(2)26-23(30)17(3)27(14-18-9-8-10-19(24)13-18)22(29)15-28(33(4,31)32)21-12-7-6-11-20(21)25/h6-13,16-17H,5,14-15H2,1-4H3,(H,26,30)/t16-,17-/m0/s1. The molecule has 2 aromatic carbocycles. The Morgan fingerprint density at radius 2 is 1.73 bits per heavy atom. The van der Waals surface area contributed by atoms with Crippen LogP contribution in [-0.4, -0.2) is 50.0 Å². The highest BCUT2D eigenvalue weighted by Gasteiger charge is 2.31. The molecule has 2 rings (SSSR count). The summed E-state index contributed by atoms with van der Waals surface area (Å²) in [5.41, 5.74) is 0.900. The first-order valence-corrected chi connectivity index (χ1v) is 13.1. The third kappa shape index (κ3) is 7.62. The summed E-state index contributed by atoms with van der Waals surface area (Å²) < 4.78 is 26.0. The molecule has 0 aliphatic heterocycles. The molecule has 2 atom stereocenters. The highest BCUT2D eigenvalue weighted by molar-refractivity contribution is 7.92. The summed E-state index contributed by atoms with van der Waals surface area (Å²) in [5, 5.41) is 3.56. The van der Waals surface area contributed by atoms with Gasteiger partial charge in [-0.2, -0.15) is 0 Å². The molecular formula is C23H29Cl2N3O4S. The molecule has 0 saturated carbocycles. The fraction of sp³-hybridized carbons (Fsp3) is 0.391. The lowest BCUT2D eigenvalue weighted by molar-refractivity contribution is -0.139. The monoisotopic (exact) mass is 513 g/mol. The number of halogens is 2. The first-order valence-electron chi connectivity index (χ1n) is 10.5. The van der Waals surface area contributed by atoms with Gasteiger partial charge in [-0.3, -0.25) is 13.9 Å². The van der Waals surface area contributed by atoms with E-state index in [1.165, 1.54) is 11.0 Å². The van der Waals surface area contributed by atoms with Gasteiger partial charge in [0.2, 0.25) is 21.8 Å². The Labute approximate surface area is 205 Å². The number of sulfonamides is 1. The predicted octanol–water partition coefficient (Wildman–Crippen LogP) is 4.09. The van der Waals surface area contributed by atoms with Crippen molar-refractivity contribution in [2.75, 3.05) is 17.1 Å². The lowest BCUT2D eigenvalue weighted by atomic mass is 10.1. The fourth-order valence-electron chi connectivity index (χ4n) is 3.13. The van der Waals surface area contributed by atoms with Crippen LogP contribution in [0.1, 0.15) is 32.8 Å². The molecule has 0 unspecified atom stereocenters. The average Bonchev–Trinajstić information content (AvgIpc) is 2.75. The summed E-state index contributed by atoms with van der Waals surface area (Å²) in [4.78, 5) is 27.6. The molecule has 1 N–H and O–H groups in total. The van der Waals surface area contributed by atoms with Crippen molar-refractivity contribution in [2.45, 2.75) is 45.8 Å². The Morgan fingerprint density at radius 3 is 2.30 bits per heavy atom. The van der Waals surface area contributed by atoms with E-state index in [1.807, 2.05) is 13.8 Å². The molecular weight excluding hydrogens is 485 g/mol. The van der Waals surface area contributed by atoms with Crippen LogP contribution in [0.5, 0.6) is 0 Å². The van der Waals surface area contributed by atoms with Crippen LogP contribution in [0, 0.1) is 0 Å². The van der Waals surface area contributed by atoms with Crippen molar-refractivity contribution in [3.05, 3.63) is 64.1 Å². The second kappa shape index (κ2) is 11.7. The fourth-order valence-corrected chi connectivity index (χ4v) is 4.49. The Balaban J connectivity index is 2.40. The maximum Gasteiger partial charge on any atom is 0.244 e. The second-order valence-electron chi connectivity index (χ2n) is 7.87. The van der Waals surface area contributed by atoms with Gasteiger partial charge in [-0.25, -0.2) is 8.42 Å². The molecule has 0 fully saturated rings. The molecule has 7 nitrogen and oxygen atoms in total. The van der Waals surface area contributed by atoms with E-state index in [1.54, 1.807) is 49.4 Å². The number of anilines is 1. The van der Waals surface area contributed by atoms with Crippen molar-refractivity contribution in [2.24, 2.45) is 0 Å². The van der Waals surface area contributed by atoms with Crippen LogP contribution >= 0.6 is 23.2 Å². The molecule has 0 aromatic heterocycles. The quantitative estimate of drug-likeness (QED) is 0.518. The van der Waals surface area contributed by atoms with Gasteiger partial charge >= 0.3 is 0 Å². The Bertz CT molecular complexity index is 1090. The van der Waals surface area contributed by atoms with Crippen molar-refractivity contribution >= 4 is 50.7 Å². The SMILES string of the molecule is CC[C@H](C)NC(=O)[C@H](C)N(Cc1cccc(Cl)c1)C(=O)CN(c1ccccc1Cl)S(C)(=O)=O. The highest BCUT2D eigenvalue weighted by atomic mass is 35.5. The summed E-state index contributed by atoms with van der Waals surface area (Å²) in [5.74, 6) is -0.879. The van der Waals surface area contributed by atoms with Gasteiger partial charge in [0.15, 0.2) is 0 Å². The summed E-state index contributed by atoms with van der Waals surface area (Å²) in [6.45, 7) is 4.99. The van der Waals surface area contributed by atoms with E-state index < -0.39 is 28.5 Å². The topological polar surface area (TPSA) is 86.8 Å². The van der Waals surface area contributed by atoms with Crippen LogP contribution in [0.15, 0.2) is 48.5 Å². The largest absolute Gasteiger partial charge is 0.352 e. The number of nitrogens with one attached hydrogen (secondary N) is 1. The summed E-state index contributed by atoms with van der Waals surface area (Å²) >= 11 is 12.3. The number of carbonyl (C=O) groups excluding carboxylic acids is 2. The van der Waals surface area contributed by atoms with Gasteiger partial charge in [0.25, 0.3) is 0 Å². The minimum absolute atomic E-state index is 0.0706. The third-order valence-corrected chi connectivity index (χ3v) is 6.89. The average molecular weight is 514 g/mol. The van der Waals surface area contributed by atoms with E-state index in [4.69, 9.17) is 23.2 Å². The maximum absolute atomic E-state index is 13.4. The van der Waals surface area contributed by atoms with Gasteiger partial charge < -0.3 is 10.2 Å². The Kier molecular flexibility index (Phi) is 9.57. The number of rotatable bonds is 10. The van der Waals surface area contributed by atoms with Crippen LogP contribution in [0.2, 0.25) is 10.0 Å². The van der Waals surface area contributed by atoms with E-state index in [0.29, 0.717) is 10.6 Å². The number of carbonyl (C=O) groups is 2. The van der Waals surface area contributed by atoms with Gasteiger partial charge in [0, 0.05) is 17.6 Å². The molecule has 0 heterocycles. The Hall–Kier alpha value is -2.29. The molecule has 0 aliphatic rings. The van der Waals surface area contributed by atoms with Crippen molar-refractivity contribution in [3.63, 3.8) is 0 Å². The molecule has 0 spiro atoms. The predicted molar refractivity (Wildman–Crippen MR) is 133 cm³/mol. The van der Waals surface area contributed by atoms with E-state index in [-0.39, 0.29) is 29.2 Å². The van der Waals surface area contributed by atoms with Crippen molar-refractivity contribution in [1.82, 2.24) is 10.2 Å². The maximum atomic E-state index is 13.4. The van der Waals surface area contributed by atoms with Gasteiger partial charge in [-0.05, 0) is 50.1 Å². The lowest BCUT2D eigenvalue weighted by Crippen LogP contribution is -2.52. The number of nitrogens with zero attached hydrogens (tertiary/aromatic N) is 2. The first-order chi connectivity index (χ1) is 15.4. The summed E-state index contributed by atoms with van der Waals surface area (Å²) in [6, 6.07) is 12.4. The first kappa shape index (κ1) is 27.0. The van der Waals surface area contributed by atoms with Crippen LogP contribution in [0.25, 0.3) is 0 Å². The smallest absolute Gasteiger partial charge is 0.244 e. The number of benzene rings is 2. The summed E-state index contributed by atoms with van der Waals surface area (Å²) in [6.07, 6.45) is 1.74. The zero-order chi connectivity index (χ0) is 24.8. The minimum atomic E-state index is -3.84. The number of para-hydroxylation sites is 1. The van der Waals surface area contributed by atoms with Crippen molar-refractivity contribution in [3.8, 4) is 0 Å². The molecule has 180 valence electrons. The Morgan fingerprint density at radius 1 is 1.06 bits per heavy atom. The van der Waals surface area contributed by atoms with Crippen LogP contribution in [0.3, 0.4) is 0 Å². The molecule has 2 aromatic rings. The van der Waals surface area contributed by atoms with Gasteiger partial charge in [0.1, 0.15) is 12.6 Å². The second-order valence-corrected chi connectivity index (χ2v) is 10.6. The molecule has 0 aliphatic carbocycles. The molecule has 33 heavy (non-hydrogen) atoms. The van der Waals surface area contributed by atoms with Gasteiger partial charge in [-0.15, -0.1) is 0 Å². The van der Waals surface area contributed by atoms with E-state index in [0.717, 1.165) is 17.0 Å². The molecule has 0 bridgehead atoms. The van der Waals surface area contributed by atoms with Crippen molar-refractivity contribution in [1.29, 1.82) is 0 Å². The number of hydrogen-bond acceptors (Lipinski definition) is 4. The number of hydrogen-bond donors (Lipinski definition) is 1. The van der Waals surface area contributed by atoms with E-state index in [9.17, 15) is 18.0 Å². The van der Waals surface area contributed by atoms with Crippen LogP contribution < -0.4 is 9.62 Å². The summed E-state index contributed by atoms with van der Waals surface area (Å²) in [7, 11) is -3.84. The van der Waals surface area contributed by atoms with Gasteiger partial charge in [0.05, 0.1) is 17.0 Å². The minimum Gasteiger partial charge on any atom is -0.352 e. The zero-order valence-electron chi connectivity index (χ0n) is 19.1. The zero-order valence-corrected chi connectivity index (χ0v) is 21.4. The molecule has 10 heteroatoms. The van der Waals surface area contributed by atoms with E-state index in [2.05, 4.69) is 5.32 Å². The van der Waals surface area contributed by atoms with Crippen molar-refractivity contribution < 1.29 is 18.0 Å². The normalized spacial score (nSPS) is 13.2. The molecule has 0 saturated heterocycles. The third-order valence-electron chi connectivity index (χ3n) is 5.21. The number of amides is 2. The van der Waals surface area contributed by atoms with Crippen LogP contribution in [0.4, 0.5) is 5.69 Å². The molecule has 0 radical (unpaired) electrons. The van der Waals surface area contributed by atoms with E-state index >= 15 is 0 Å². The van der Waals surface area contributed by atoms with Gasteiger partial charge in [-0.1, -0.05) is 54.4 Å². The molecule has 2 amide bonds. The lowest BCUT2D eigenvalue weighted by Gasteiger charge is -2.32. The van der Waals surface area contributed by atoms with Crippen LogP contribution in [-0.2, 0) is 26.2 Å².